The summed E-state index contributed by atoms with van der Waals surface area (Å²) in [6.45, 7) is 6.31. The number of carbonyl (C=O) groups is 3. The Morgan fingerprint density at radius 3 is 1.02 bits per heavy atom. The minimum atomic E-state index is -0.861. The smallest absolute Gasteiger partial charge is 0.306 e. The Balaban J connectivity index is 4.65. The van der Waals surface area contributed by atoms with Crippen LogP contribution in [-0.4, -0.2) is 37.2 Å². The molecule has 6 nitrogen and oxygen atoms in total. The van der Waals surface area contributed by atoms with Gasteiger partial charge in [0.1, 0.15) is 13.2 Å². The Morgan fingerprint density at radius 2 is 0.650 bits per heavy atom. The summed E-state index contributed by atoms with van der Waals surface area (Å²) in [5.41, 5.74) is 0. The lowest BCUT2D eigenvalue weighted by Crippen LogP contribution is -2.30. The summed E-state index contributed by atoms with van der Waals surface area (Å²) in [6, 6.07) is 0. The zero-order valence-electron chi connectivity index (χ0n) is 38.4. The first-order valence-corrected chi connectivity index (χ1v) is 23.9. The number of hydrogen-bond donors (Lipinski definition) is 0. The molecule has 0 aliphatic rings. The van der Waals surface area contributed by atoms with Crippen molar-refractivity contribution in [2.45, 2.75) is 200 Å². The van der Waals surface area contributed by atoms with Crippen molar-refractivity contribution in [3.8, 4) is 0 Å². The summed E-state index contributed by atoms with van der Waals surface area (Å²) >= 11 is 0. The number of esters is 3. The van der Waals surface area contributed by atoms with E-state index in [4.69, 9.17) is 14.2 Å². The molecule has 0 rings (SSSR count). The maximum atomic E-state index is 12.7. The Labute approximate surface area is 368 Å². The minimum absolute atomic E-state index is 0.156. The average molecular weight is 831 g/mol. The third kappa shape index (κ3) is 45.2. The third-order valence-electron chi connectivity index (χ3n) is 9.52. The number of unbranched alkanes of at least 4 members (excludes halogenated alkanes) is 12. The van der Waals surface area contributed by atoms with Gasteiger partial charge in [0.15, 0.2) is 6.10 Å². The van der Waals surface area contributed by atoms with Crippen molar-refractivity contribution in [2.24, 2.45) is 0 Å². The van der Waals surface area contributed by atoms with E-state index in [1.165, 1.54) is 77.0 Å². The van der Waals surface area contributed by atoms with E-state index in [1.807, 2.05) is 24.3 Å². The topological polar surface area (TPSA) is 78.9 Å². The highest BCUT2D eigenvalue weighted by molar-refractivity contribution is 5.71. The number of rotatable bonds is 41. The number of allylic oxidation sites excluding steroid dienone is 18. The van der Waals surface area contributed by atoms with Crippen LogP contribution >= 0.6 is 0 Å². The SMILES string of the molecule is CC/C=C/C/C=C/C/C=C/C/C=C/C/C=C/CCC(=O)OCC(COC(=O)CC/C=C/C/C=C/CCCCCCCC)OC(=O)CC/C=C/C/C=C/CCCCCCCC. The average Bonchev–Trinajstić information content (AvgIpc) is 3.24. The van der Waals surface area contributed by atoms with Gasteiger partial charge in [0.05, 0.1) is 0 Å². The highest BCUT2D eigenvalue weighted by atomic mass is 16.6. The van der Waals surface area contributed by atoms with Gasteiger partial charge in [-0.3, -0.25) is 14.4 Å². The van der Waals surface area contributed by atoms with E-state index in [-0.39, 0.29) is 44.4 Å². The van der Waals surface area contributed by atoms with Crippen molar-refractivity contribution in [3.05, 3.63) is 109 Å². The lowest BCUT2D eigenvalue weighted by molar-refractivity contribution is -0.166. The van der Waals surface area contributed by atoms with Gasteiger partial charge in [-0.1, -0.05) is 194 Å². The maximum absolute atomic E-state index is 12.7. The fourth-order valence-corrected chi connectivity index (χ4v) is 5.95. The molecule has 60 heavy (non-hydrogen) atoms. The Hall–Kier alpha value is -3.93. The van der Waals surface area contributed by atoms with Crippen LogP contribution < -0.4 is 0 Å². The van der Waals surface area contributed by atoms with Crippen LogP contribution in [-0.2, 0) is 28.6 Å². The molecule has 0 saturated carbocycles. The Kier molecular flexibility index (Phi) is 44.6. The molecule has 0 amide bonds. The van der Waals surface area contributed by atoms with Crippen LogP contribution in [0.5, 0.6) is 0 Å². The van der Waals surface area contributed by atoms with Gasteiger partial charge in [-0.05, 0) is 89.9 Å². The maximum Gasteiger partial charge on any atom is 0.306 e. The third-order valence-corrected chi connectivity index (χ3v) is 9.52. The molecule has 0 spiro atoms. The van der Waals surface area contributed by atoms with Gasteiger partial charge in [-0.15, -0.1) is 0 Å². The Morgan fingerprint density at radius 1 is 0.350 bits per heavy atom. The van der Waals surface area contributed by atoms with Crippen molar-refractivity contribution >= 4 is 17.9 Å². The first-order valence-electron chi connectivity index (χ1n) is 23.9. The van der Waals surface area contributed by atoms with E-state index in [9.17, 15) is 14.4 Å². The predicted octanol–water partition coefficient (Wildman–Crippen LogP) is 15.6. The Bertz CT molecular complexity index is 1280. The van der Waals surface area contributed by atoms with Crippen LogP contribution in [0, 0.1) is 0 Å². The van der Waals surface area contributed by atoms with Crippen molar-refractivity contribution in [3.63, 3.8) is 0 Å². The minimum Gasteiger partial charge on any atom is -0.462 e. The van der Waals surface area contributed by atoms with Crippen LogP contribution in [0.25, 0.3) is 0 Å². The summed E-state index contributed by atoms with van der Waals surface area (Å²) in [6.07, 6.45) is 63.9. The molecule has 0 bridgehead atoms. The van der Waals surface area contributed by atoms with E-state index in [0.717, 1.165) is 57.8 Å². The molecule has 0 aromatic carbocycles. The number of ether oxygens (including phenoxy) is 3. The summed E-state index contributed by atoms with van der Waals surface area (Å²) in [5, 5.41) is 0. The second kappa shape index (κ2) is 47.7. The second-order valence-corrected chi connectivity index (χ2v) is 15.3. The summed E-state index contributed by atoms with van der Waals surface area (Å²) < 4.78 is 16.5. The highest BCUT2D eigenvalue weighted by Gasteiger charge is 2.19. The van der Waals surface area contributed by atoms with E-state index in [0.29, 0.717) is 19.3 Å². The molecule has 0 radical (unpaired) electrons. The van der Waals surface area contributed by atoms with Gasteiger partial charge in [-0.25, -0.2) is 0 Å². The number of carbonyl (C=O) groups excluding carboxylic acids is 3. The van der Waals surface area contributed by atoms with Crippen LogP contribution in [0.2, 0.25) is 0 Å². The fraction of sp³-hybridized carbons (Fsp3) is 0.611. The summed E-state index contributed by atoms with van der Waals surface area (Å²) in [7, 11) is 0. The molecule has 0 aliphatic carbocycles. The zero-order chi connectivity index (χ0) is 43.7. The zero-order valence-corrected chi connectivity index (χ0v) is 38.4. The monoisotopic (exact) mass is 831 g/mol. The first-order chi connectivity index (χ1) is 29.5. The van der Waals surface area contributed by atoms with Gasteiger partial charge in [0.2, 0.25) is 0 Å². The van der Waals surface area contributed by atoms with E-state index >= 15 is 0 Å². The quantitative estimate of drug-likeness (QED) is 0.0264. The molecular weight excluding hydrogens is 745 g/mol. The van der Waals surface area contributed by atoms with Crippen molar-refractivity contribution < 1.29 is 28.6 Å². The van der Waals surface area contributed by atoms with Crippen LogP contribution in [0.3, 0.4) is 0 Å². The molecule has 0 saturated heterocycles. The molecular formula is C54H86O6. The van der Waals surface area contributed by atoms with Crippen LogP contribution in [0.1, 0.15) is 194 Å². The lowest BCUT2D eigenvalue weighted by Gasteiger charge is -2.18. The van der Waals surface area contributed by atoms with E-state index in [1.54, 1.807) is 0 Å². The van der Waals surface area contributed by atoms with Crippen molar-refractivity contribution in [2.75, 3.05) is 13.2 Å². The molecule has 0 heterocycles. The summed E-state index contributed by atoms with van der Waals surface area (Å²) in [5.74, 6) is -1.18. The number of hydrogen-bond acceptors (Lipinski definition) is 6. The molecule has 0 aliphatic heterocycles. The van der Waals surface area contributed by atoms with Crippen LogP contribution in [0.15, 0.2) is 109 Å². The molecule has 0 aromatic rings. The molecule has 6 heteroatoms. The van der Waals surface area contributed by atoms with Crippen molar-refractivity contribution in [1.82, 2.24) is 0 Å². The van der Waals surface area contributed by atoms with Gasteiger partial charge in [-0.2, -0.15) is 0 Å². The molecule has 0 fully saturated rings. The second-order valence-electron chi connectivity index (χ2n) is 15.3. The standard InChI is InChI=1S/C54H86O6/c1-4-7-10-13-16-19-22-25-26-27-30-32-35-38-41-44-47-53(56)59-50-51(60-54(57)48-45-42-39-36-33-29-24-21-18-15-12-9-6-3)49-58-52(55)46-43-40-37-34-31-28-23-20-17-14-11-8-5-2/h7,10,16,19,25-26,28-33,37-42,51H,4-6,8-9,11-15,17-18,20-24,27,34-36,43-50H2,1-3H3/b10-7+,19-16+,26-25+,31-28+,32-30+,33-29+,40-37+,41-38+,42-39+. The van der Waals surface area contributed by atoms with Crippen molar-refractivity contribution in [1.29, 1.82) is 0 Å². The normalized spacial score (nSPS) is 13.1. The van der Waals surface area contributed by atoms with E-state index < -0.39 is 12.1 Å². The van der Waals surface area contributed by atoms with Gasteiger partial charge < -0.3 is 14.2 Å². The molecule has 1 atom stereocenters. The van der Waals surface area contributed by atoms with Gasteiger partial charge in [0.25, 0.3) is 0 Å². The first kappa shape index (κ1) is 56.1. The van der Waals surface area contributed by atoms with Crippen LogP contribution in [0.4, 0.5) is 0 Å². The molecule has 0 N–H and O–H groups in total. The van der Waals surface area contributed by atoms with E-state index in [2.05, 4.69) is 106 Å². The summed E-state index contributed by atoms with van der Waals surface area (Å²) in [4.78, 5) is 37.7. The lowest BCUT2D eigenvalue weighted by atomic mass is 10.1. The molecule has 0 aromatic heterocycles. The van der Waals surface area contributed by atoms with Gasteiger partial charge >= 0.3 is 17.9 Å². The molecule has 338 valence electrons. The predicted molar refractivity (Wildman–Crippen MR) is 256 cm³/mol. The molecule has 1 unspecified atom stereocenters. The van der Waals surface area contributed by atoms with Gasteiger partial charge in [0, 0.05) is 19.3 Å². The fourth-order valence-electron chi connectivity index (χ4n) is 5.95. The largest absolute Gasteiger partial charge is 0.462 e. The highest BCUT2D eigenvalue weighted by Crippen LogP contribution is 2.10.